The van der Waals surface area contributed by atoms with E-state index < -0.39 is 0 Å². The second-order valence-electron chi connectivity index (χ2n) is 4.76. The predicted molar refractivity (Wildman–Crippen MR) is 50.3 cm³/mol. The standard InChI is InChI=1S/C10H15N3O/c1-6-12-9(13-14-6)10(11)5-7-2-3-8(10)4-7/h7-8H,2-5,11H2,1H3. The molecule has 2 aliphatic rings. The van der Waals surface area contributed by atoms with Crippen molar-refractivity contribution in [2.24, 2.45) is 17.6 Å². The number of hydrogen-bond donors (Lipinski definition) is 1. The molecule has 0 radical (unpaired) electrons. The average Bonchev–Trinajstić information content (AvgIpc) is 2.78. The first-order valence-electron chi connectivity index (χ1n) is 5.28. The lowest BCUT2D eigenvalue weighted by Gasteiger charge is -2.30. The summed E-state index contributed by atoms with van der Waals surface area (Å²) in [5, 5.41) is 3.98. The van der Waals surface area contributed by atoms with Crippen molar-refractivity contribution in [2.45, 2.75) is 38.1 Å². The van der Waals surface area contributed by atoms with Gasteiger partial charge in [-0.3, -0.25) is 0 Å². The lowest BCUT2D eigenvalue weighted by molar-refractivity contribution is 0.251. The minimum absolute atomic E-state index is 0.291. The van der Waals surface area contributed by atoms with E-state index in [0.717, 1.165) is 18.2 Å². The zero-order valence-corrected chi connectivity index (χ0v) is 8.36. The fourth-order valence-electron chi connectivity index (χ4n) is 3.13. The van der Waals surface area contributed by atoms with E-state index in [1.807, 2.05) is 6.92 Å². The molecule has 0 saturated heterocycles. The highest BCUT2D eigenvalue weighted by molar-refractivity contribution is 5.14. The van der Waals surface area contributed by atoms with E-state index in [9.17, 15) is 0 Å². The SMILES string of the molecule is Cc1nc(C2(N)CC3CCC2C3)no1. The van der Waals surface area contributed by atoms with E-state index in [1.54, 1.807) is 0 Å². The third-order valence-electron chi connectivity index (χ3n) is 3.84. The molecule has 1 aromatic rings. The first-order valence-corrected chi connectivity index (χ1v) is 5.28. The fraction of sp³-hybridized carbons (Fsp3) is 0.800. The Bertz CT molecular complexity index is 362. The Kier molecular flexibility index (Phi) is 1.54. The summed E-state index contributed by atoms with van der Waals surface area (Å²) in [6.45, 7) is 1.81. The number of fused-ring (bicyclic) bond motifs is 2. The molecule has 76 valence electrons. The van der Waals surface area contributed by atoms with E-state index in [2.05, 4.69) is 10.1 Å². The van der Waals surface area contributed by atoms with Crippen LogP contribution in [0.4, 0.5) is 0 Å². The number of rotatable bonds is 1. The highest BCUT2D eigenvalue weighted by Crippen LogP contribution is 2.53. The van der Waals surface area contributed by atoms with Crippen LogP contribution in [-0.4, -0.2) is 10.1 Å². The summed E-state index contributed by atoms with van der Waals surface area (Å²) in [6.07, 6.45) is 4.86. The number of nitrogens with two attached hydrogens (primary N) is 1. The van der Waals surface area contributed by atoms with Crippen LogP contribution >= 0.6 is 0 Å². The van der Waals surface area contributed by atoms with Crippen LogP contribution in [0.5, 0.6) is 0 Å². The number of aryl methyl sites for hydroxylation is 1. The molecule has 3 atom stereocenters. The van der Waals surface area contributed by atoms with Gasteiger partial charge in [0.05, 0.1) is 5.54 Å². The molecule has 3 unspecified atom stereocenters. The van der Waals surface area contributed by atoms with Crippen LogP contribution < -0.4 is 5.73 Å². The summed E-state index contributed by atoms with van der Waals surface area (Å²) in [4.78, 5) is 4.28. The summed E-state index contributed by atoms with van der Waals surface area (Å²) < 4.78 is 5.01. The Morgan fingerprint density at radius 2 is 2.36 bits per heavy atom. The van der Waals surface area contributed by atoms with Crippen molar-refractivity contribution in [2.75, 3.05) is 0 Å². The Morgan fingerprint density at radius 1 is 1.50 bits per heavy atom. The molecule has 0 spiro atoms. The molecule has 4 nitrogen and oxygen atoms in total. The largest absolute Gasteiger partial charge is 0.340 e. The predicted octanol–water partition coefficient (Wildman–Crippen LogP) is 1.35. The summed E-state index contributed by atoms with van der Waals surface area (Å²) in [5.41, 5.74) is 6.10. The molecule has 2 saturated carbocycles. The molecule has 2 bridgehead atoms. The Morgan fingerprint density at radius 3 is 2.86 bits per heavy atom. The maximum absolute atomic E-state index is 6.39. The molecule has 4 heteroatoms. The molecule has 2 N–H and O–H groups in total. The van der Waals surface area contributed by atoms with Gasteiger partial charge in [0.1, 0.15) is 0 Å². The summed E-state index contributed by atoms with van der Waals surface area (Å²) in [5.74, 6) is 2.71. The molecule has 1 aromatic heterocycles. The second-order valence-corrected chi connectivity index (χ2v) is 4.76. The second kappa shape index (κ2) is 2.57. The third-order valence-corrected chi connectivity index (χ3v) is 3.84. The highest BCUT2D eigenvalue weighted by Gasteiger charge is 2.52. The van der Waals surface area contributed by atoms with Crippen LogP contribution in [0.1, 0.15) is 37.4 Å². The van der Waals surface area contributed by atoms with Crippen molar-refractivity contribution in [3.05, 3.63) is 11.7 Å². The molecule has 0 amide bonds. The monoisotopic (exact) mass is 193 g/mol. The van der Waals surface area contributed by atoms with Gasteiger partial charge in [0, 0.05) is 6.92 Å². The number of hydrogen-bond acceptors (Lipinski definition) is 4. The molecule has 14 heavy (non-hydrogen) atoms. The topological polar surface area (TPSA) is 64.9 Å². The molecular formula is C10H15N3O. The molecule has 1 heterocycles. The first kappa shape index (κ1) is 8.41. The zero-order chi connectivity index (χ0) is 9.76. The van der Waals surface area contributed by atoms with Gasteiger partial charge in [-0.25, -0.2) is 0 Å². The number of aromatic nitrogens is 2. The molecule has 0 aliphatic heterocycles. The van der Waals surface area contributed by atoms with Gasteiger partial charge in [0.2, 0.25) is 5.89 Å². The van der Waals surface area contributed by atoms with E-state index >= 15 is 0 Å². The molecular weight excluding hydrogens is 178 g/mol. The van der Waals surface area contributed by atoms with Gasteiger partial charge in [-0.2, -0.15) is 4.98 Å². The van der Waals surface area contributed by atoms with Crippen LogP contribution in [-0.2, 0) is 5.54 Å². The van der Waals surface area contributed by atoms with Crippen molar-refractivity contribution in [1.82, 2.24) is 10.1 Å². The van der Waals surface area contributed by atoms with Crippen molar-refractivity contribution in [3.63, 3.8) is 0 Å². The maximum atomic E-state index is 6.39. The molecule has 0 aromatic carbocycles. The first-order chi connectivity index (χ1) is 6.68. The zero-order valence-electron chi connectivity index (χ0n) is 8.36. The normalized spacial score (nSPS) is 40.7. The lowest BCUT2D eigenvalue weighted by Crippen LogP contribution is -2.42. The summed E-state index contributed by atoms with van der Waals surface area (Å²) in [6, 6.07) is 0. The Balaban J connectivity index is 1.97. The Hall–Kier alpha value is -0.900. The van der Waals surface area contributed by atoms with Gasteiger partial charge in [0.15, 0.2) is 5.82 Å². The Labute approximate surface area is 82.9 Å². The minimum atomic E-state index is -0.291. The summed E-state index contributed by atoms with van der Waals surface area (Å²) >= 11 is 0. The van der Waals surface area contributed by atoms with Crippen molar-refractivity contribution < 1.29 is 4.52 Å². The fourth-order valence-corrected chi connectivity index (χ4v) is 3.13. The molecule has 2 fully saturated rings. The average molecular weight is 193 g/mol. The van der Waals surface area contributed by atoms with Crippen LogP contribution in [0.15, 0.2) is 4.52 Å². The van der Waals surface area contributed by atoms with Crippen LogP contribution in [0.2, 0.25) is 0 Å². The molecule has 3 rings (SSSR count). The highest BCUT2D eigenvalue weighted by atomic mass is 16.5. The van der Waals surface area contributed by atoms with E-state index in [-0.39, 0.29) is 5.54 Å². The van der Waals surface area contributed by atoms with Gasteiger partial charge >= 0.3 is 0 Å². The maximum Gasteiger partial charge on any atom is 0.223 e. The van der Waals surface area contributed by atoms with Gasteiger partial charge in [-0.15, -0.1) is 0 Å². The van der Waals surface area contributed by atoms with Crippen molar-refractivity contribution in [3.8, 4) is 0 Å². The number of nitrogens with zero attached hydrogens (tertiary/aromatic N) is 2. The van der Waals surface area contributed by atoms with Gasteiger partial charge < -0.3 is 10.3 Å². The van der Waals surface area contributed by atoms with E-state index in [4.69, 9.17) is 10.3 Å². The summed E-state index contributed by atoms with van der Waals surface area (Å²) in [7, 11) is 0. The van der Waals surface area contributed by atoms with Gasteiger partial charge in [-0.05, 0) is 31.1 Å². The lowest BCUT2D eigenvalue weighted by atomic mass is 9.81. The minimum Gasteiger partial charge on any atom is -0.340 e. The third kappa shape index (κ3) is 0.974. The van der Waals surface area contributed by atoms with Gasteiger partial charge in [0.25, 0.3) is 0 Å². The van der Waals surface area contributed by atoms with Crippen LogP contribution in [0, 0.1) is 18.8 Å². The van der Waals surface area contributed by atoms with E-state index in [0.29, 0.717) is 11.8 Å². The van der Waals surface area contributed by atoms with Crippen molar-refractivity contribution >= 4 is 0 Å². The van der Waals surface area contributed by atoms with E-state index in [1.165, 1.54) is 19.3 Å². The van der Waals surface area contributed by atoms with Crippen molar-refractivity contribution in [1.29, 1.82) is 0 Å². The smallest absolute Gasteiger partial charge is 0.223 e. The van der Waals surface area contributed by atoms with Gasteiger partial charge in [-0.1, -0.05) is 11.6 Å². The quantitative estimate of drug-likeness (QED) is 0.731. The van der Waals surface area contributed by atoms with Crippen LogP contribution in [0.25, 0.3) is 0 Å². The molecule has 2 aliphatic carbocycles. The van der Waals surface area contributed by atoms with Crippen LogP contribution in [0.3, 0.4) is 0 Å².